The predicted molar refractivity (Wildman–Crippen MR) is 197 cm³/mol. The van der Waals surface area contributed by atoms with Crippen LogP contribution in [0.15, 0.2) is 88.2 Å². The minimum Gasteiger partial charge on any atom is -0.698 e. The van der Waals surface area contributed by atoms with E-state index in [0.29, 0.717) is 18.9 Å². The molecule has 0 amide bonds. The zero-order valence-corrected chi connectivity index (χ0v) is 32.6. The fraction of sp³-hybridized carbons (Fsp3) is 0.429. The molecular weight excluding hydrogens is 752 g/mol. The third-order valence-electron chi connectivity index (χ3n) is 5.76. The molecule has 3 aromatic rings. The van der Waals surface area contributed by atoms with Crippen LogP contribution in [0.4, 0.5) is 5.69 Å². The molecule has 0 heterocycles. The van der Waals surface area contributed by atoms with Crippen LogP contribution in [0.1, 0.15) is 28.7 Å². The molecule has 3 aromatic carbocycles. The van der Waals surface area contributed by atoms with Crippen molar-refractivity contribution in [3.63, 3.8) is 0 Å². The van der Waals surface area contributed by atoms with Crippen molar-refractivity contribution in [1.29, 1.82) is 0 Å². The molecule has 3 rings (SSSR count). The van der Waals surface area contributed by atoms with E-state index in [0.717, 1.165) is 53.4 Å². The first-order valence-electron chi connectivity index (χ1n) is 15.2. The van der Waals surface area contributed by atoms with Crippen LogP contribution in [0.5, 0.6) is 0 Å². The number of amidine groups is 2. The number of nitrogens with zero attached hydrogens (tertiary/aromatic N) is 4. The van der Waals surface area contributed by atoms with Gasteiger partial charge in [-0.1, -0.05) is 160 Å². The minimum atomic E-state index is -1.60. The Morgan fingerprint density at radius 2 is 0.978 bits per heavy atom. The Bertz CT molecular complexity index is 1170. The smallest absolute Gasteiger partial charge is 0.698 e. The van der Waals surface area contributed by atoms with E-state index in [1.807, 2.05) is 68.4 Å². The molecule has 10 heteroatoms. The SMILES string of the molecule is COCCOC.C[Si](C)(C)/N=C(\[N-]CCC[N-]/C(=N\[Si](C)(C)C)c1ccccc1)c1ccccc1.Cc1cccc(C)c1[NH-].[Yb+3]. The van der Waals surface area contributed by atoms with Crippen molar-refractivity contribution < 1.29 is 56.4 Å². The van der Waals surface area contributed by atoms with Crippen LogP contribution in [0.3, 0.4) is 0 Å². The van der Waals surface area contributed by atoms with Crippen LogP contribution in [-0.4, -0.2) is 68.7 Å². The number of methoxy groups -OCH3 is 2. The van der Waals surface area contributed by atoms with Gasteiger partial charge in [0.15, 0.2) is 0 Å². The summed E-state index contributed by atoms with van der Waals surface area (Å²) >= 11 is 0. The topological polar surface area (TPSA) is 95.2 Å². The van der Waals surface area contributed by atoms with E-state index in [9.17, 15) is 0 Å². The Kier molecular flexibility index (Phi) is 22.7. The van der Waals surface area contributed by atoms with Gasteiger partial charge in [-0.3, -0.25) is 0 Å². The molecule has 1 N–H and O–H groups in total. The van der Waals surface area contributed by atoms with Crippen LogP contribution in [-0.2, 0) is 9.47 Å². The van der Waals surface area contributed by atoms with Gasteiger partial charge < -0.3 is 35.2 Å². The van der Waals surface area contributed by atoms with Crippen molar-refractivity contribution in [1.82, 2.24) is 0 Å². The van der Waals surface area contributed by atoms with Crippen molar-refractivity contribution in [2.24, 2.45) is 9.32 Å². The summed E-state index contributed by atoms with van der Waals surface area (Å²) in [6.45, 7) is 20.1. The van der Waals surface area contributed by atoms with Gasteiger partial charge in [0, 0.05) is 30.7 Å². The second-order valence-corrected chi connectivity index (χ2v) is 21.4. The molecule has 0 bridgehead atoms. The maximum atomic E-state index is 7.44. The summed E-state index contributed by atoms with van der Waals surface area (Å²) in [5.41, 5.74) is 12.4. The van der Waals surface area contributed by atoms with Gasteiger partial charge in [0.05, 0.1) is 13.2 Å². The average Bonchev–Trinajstić information content (AvgIpc) is 2.98. The second-order valence-electron chi connectivity index (χ2n) is 12.3. The largest absolute Gasteiger partial charge is 3.00 e. The zero-order chi connectivity index (χ0) is 33.0. The summed E-state index contributed by atoms with van der Waals surface area (Å²) in [5, 5.41) is 9.63. The molecule has 0 aromatic heterocycles. The van der Waals surface area contributed by atoms with E-state index < -0.39 is 16.5 Å². The maximum Gasteiger partial charge on any atom is 3.00 e. The van der Waals surface area contributed by atoms with Gasteiger partial charge in [-0.2, -0.15) is 0 Å². The summed E-state index contributed by atoms with van der Waals surface area (Å²) in [4.78, 5) is 0. The predicted octanol–water partition coefficient (Wildman–Crippen LogP) is 9.95. The first-order chi connectivity index (χ1) is 20.8. The molecule has 0 unspecified atom stereocenters. The Morgan fingerprint density at radius 3 is 1.27 bits per heavy atom. The van der Waals surface area contributed by atoms with Gasteiger partial charge in [-0.15, -0.1) is 5.69 Å². The monoisotopic (exact) mass is 806 g/mol. The van der Waals surface area contributed by atoms with Crippen molar-refractivity contribution >= 4 is 33.8 Å². The number of rotatable bonds is 11. The van der Waals surface area contributed by atoms with Gasteiger partial charge in [0.25, 0.3) is 0 Å². The van der Waals surface area contributed by atoms with Gasteiger partial charge in [-0.05, 0) is 25.0 Å². The molecule has 0 fully saturated rings. The number of benzene rings is 3. The number of nitrogens with one attached hydrogen (secondary N) is 1. The molecule has 7 nitrogen and oxygen atoms in total. The molecule has 0 aliphatic heterocycles. The molecule has 0 atom stereocenters. The zero-order valence-electron chi connectivity index (χ0n) is 28.9. The minimum absolute atomic E-state index is 0. The summed E-state index contributed by atoms with van der Waals surface area (Å²) in [5.74, 6) is 1.76. The van der Waals surface area contributed by atoms with E-state index in [-0.39, 0.29) is 46.9 Å². The van der Waals surface area contributed by atoms with E-state index in [4.69, 9.17) is 25.7 Å². The first-order valence-corrected chi connectivity index (χ1v) is 22.1. The van der Waals surface area contributed by atoms with Crippen LogP contribution < -0.4 is 0 Å². The van der Waals surface area contributed by atoms with Crippen molar-refractivity contribution in [3.05, 3.63) is 117 Å². The average molecular weight is 806 g/mol. The molecule has 0 aliphatic rings. The third-order valence-corrected chi connectivity index (χ3v) is 7.52. The fourth-order valence-electron chi connectivity index (χ4n) is 3.61. The molecule has 0 spiro atoms. The third kappa shape index (κ3) is 20.9. The Balaban J connectivity index is 0.000000991. The van der Waals surface area contributed by atoms with E-state index in [1.165, 1.54) is 0 Å². The van der Waals surface area contributed by atoms with Gasteiger partial charge in [0.2, 0.25) is 0 Å². The quantitative estimate of drug-likeness (QED) is 0.0835. The summed E-state index contributed by atoms with van der Waals surface area (Å²) in [6.07, 6.45) is 0.884. The molecule has 1 radical (unpaired) electrons. The first kappa shape index (κ1) is 43.3. The Labute approximate surface area is 314 Å². The van der Waals surface area contributed by atoms with Crippen molar-refractivity contribution in [2.75, 3.05) is 40.5 Å². The van der Waals surface area contributed by atoms with Gasteiger partial charge in [0.1, 0.15) is 0 Å². The molecule has 0 saturated heterocycles. The molecule has 0 aliphatic carbocycles. The van der Waals surface area contributed by atoms with Crippen LogP contribution in [0.25, 0.3) is 16.4 Å². The standard InChI is InChI=1S/C23H34N4Si2.C8H10N.C4H10O2.Yb/c1-28(2,3)26-22(20-14-9-7-10-15-20)24-18-13-19-25-23(27-29(4,5)6)21-16-11-8-12-17-21;1-6-4-3-5-7(2)8(6)9;1-5-3-4-6-2;/h7-12,14-17H,13,18-19H2,1-6H3;3-5,9H,1-2H3;3-4H2,1-2H3;/q-2;-1;;+3. The number of hydrogen-bond acceptors (Lipinski definition) is 4. The molecular formula is C35H54N5O2Si2Yb. The van der Waals surface area contributed by atoms with Crippen LogP contribution in [0, 0.1) is 60.8 Å². The second kappa shape index (κ2) is 23.6. The maximum absolute atomic E-state index is 7.44. The van der Waals surface area contributed by atoms with Gasteiger partial charge >= 0.3 is 46.9 Å². The van der Waals surface area contributed by atoms with E-state index in [1.54, 1.807) is 14.2 Å². The van der Waals surface area contributed by atoms with Gasteiger partial charge in [-0.25, -0.2) is 0 Å². The van der Waals surface area contributed by atoms with Crippen molar-refractivity contribution in [2.45, 2.75) is 59.6 Å². The summed E-state index contributed by atoms with van der Waals surface area (Å²) in [7, 11) is 0.0954. The Hall–Kier alpha value is -1.73. The fourth-order valence-corrected chi connectivity index (χ4v) is 5.28. The number of aryl methyl sites for hydroxylation is 2. The molecule has 45 heavy (non-hydrogen) atoms. The van der Waals surface area contributed by atoms with Crippen LogP contribution in [0.2, 0.25) is 39.3 Å². The Morgan fingerprint density at radius 1 is 0.622 bits per heavy atom. The number of hydrogen-bond donors (Lipinski definition) is 0. The normalized spacial score (nSPS) is 11.7. The van der Waals surface area contributed by atoms with Crippen molar-refractivity contribution in [3.8, 4) is 0 Å². The summed E-state index contributed by atoms with van der Waals surface area (Å²) < 4.78 is 19.2. The number of ether oxygens (including phenoxy) is 2. The molecule has 253 valence electrons. The van der Waals surface area contributed by atoms with E-state index in [2.05, 4.69) is 73.0 Å². The summed E-state index contributed by atoms with van der Waals surface area (Å²) in [6, 6.07) is 26.4. The van der Waals surface area contributed by atoms with E-state index >= 15 is 0 Å². The van der Waals surface area contributed by atoms with Crippen LogP contribution >= 0.6 is 0 Å². The molecule has 0 saturated carbocycles.